The van der Waals surface area contributed by atoms with Gasteiger partial charge in [0.1, 0.15) is 17.9 Å². The van der Waals surface area contributed by atoms with Crippen LogP contribution in [0.3, 0.4) is 0 Å². The average molecular weight is 204 g/mol. The lowest BCUT2D eigenvalue weighted by atomic mass is 10.1. The second kappa shape index (κ2) is 5.06. The highest BCUT2D eigenvalue weighted by atomic mass is 16.5. The number of hydrogen-bond acceptors (Lipinski definition) is 3. The van der Waals surface area contributed by atoms with Crippen LogP contribution in [-0.2, 0) is 4.74 Å². The third kappa shape index (κ3) is 2.50. The Labute approximate surface area is 89.0 Å². The summed E-state index contributed by atoms with van der Waals surface area (Å²) >= 11 is 0. The molecule has 0 radical (unpaired) electrons. The minimum Gasteiger partial charge on any atom is -0.480 e. The van der Waals surface area contributed by atoms with Gasteiger partial charge in [-0.2, -0.15) is 0 Å². The van der Waals surface area contributed by atoms with Gasteiger partial charge in [-0.25, -0.2) is 4.79 Å². The fourth-order valence-electron chi connectivity index (χ4n) is 1.23. The Balaban J connectivity index is 3.09. The zero-order valence-electron chi connectivity index (χ0n) is 8.74. The molecule has 1 aromatic carbocycles. The summed E-state index contributed by atoms with van der Waals surface area (Å²) in [5, 5.41) is 0. The van der Waals surface area contributed by atoms with E-state index in [9.17, 15) is 4.79 Å². The van der Waals surface area contributed by atoms with Crippen LogP contribution >= 0.6 is 0 Å². The summed E-state index contributed by atoms with van der Waals surface area (Å²) in [6.45, 7) is 1.98. The van der Waals surface area contributed by atoms with Crippen LogP contribution in [-0.4, -0.2) is 19.7 Å². The van der Waals surface area contributed by atoms with Gasteiger partial charge in [-0.15, -0.1) is 6.42 Å². The Morgan fingerprint density at radius 3 is 2.87 bits per heavy atom. The lowest BCUT2D eigenvalue weighted by Gasteiger charge is -2.10. The first-order valence-electron chi connectivity index (χ1n) is 4.45. The van der Waals surface area contributed by atoms with Crippen molar-refractivity contribution in [1.82, 2.24) is 0 Å². The maximum absolute atomic E-state index is 11.4. The molecule has 0 spiro atoms. The molecule has 0 atom stereocenters. The predicted octanol–water partition coefficient (Wildman–Crippen LogP) is 1.79. The summed E-state index contributed by atoms with van der Waals surface area (Å²) in [5.41, 5.74) is 1.25. The van der Waals surface area contributed by atoms with E-state index in [-0.39, 0.29) is 6.61 Å². The highest BCUT2D eigenvalue weighted by Gasteiger charge is 2.14. The highest BCUT2D eigenvalue weighted by molar-refractivity contribution is 5.92. The first-order valence-corrected chi connectivity index (χ1v) is 4.45. The van der Waals surface area contributed by atoms with Gasteiger partial charge in [0, 0.05) is 0 Å². The van der Waals surface area contributed by atoms with Crippen molar-refractivity contribution in [1.29, 1.82) is 0 Å². The van der Waals surface area contributed by atoms with Crippen molar-refractivity contribution in [3.05, 3.63) is 29.3 Å². The third-order valence-electron chi connectivity index (χ3n) is 1.92. The molecule has 0 N–H and O–H groups in total. The van der Waals surface area contributed by atoms with Gasteiger partial charge in [-0.1, -0.05) is 18.1 Å². The lowest BCUT2D eigenvalue weighted by molar-refractivity contribution is 0.0596. The molecular formula is C12H12O3. The molecule has 1 rings (SSSR count). The van der Waals surface area contributed by atoms with Crippen LogP contribution < -0.4 is 4.74 Å². The number of esters is 1. The second-order valence-electron chi connectivity index (χ2n) is 2.94. The summed E-state index contributed by atoms with van der Waals surface area (Å²) in [5.74, 6) is 2.42. The number of rotatable bonds is 3. The molecule has 0 saturated carbocycles. The quantitative estimate of drug-likeness (QED) is 0.556. The smallest absolute Gasteiger partial charge is 0.341 e. The number of methoxy groups -OCH3 is 1. The van der Waals surface area contributed by atoms with Crippen molar-refractivity contribution in [2.24, 2.45) is 0 Å². The molecule has 15 heavy (non-hydrogen) atoms. The first-order chi connectivity index (χ1) is 7.20. The number of terminal acetylenes is 1. The Hall–Kier alpha value is -1.95. The Kier molecular flexibility index (Phi) is 3.75. The van der Waals surface area contributed by atoms with E-state index in [0.717, 1.165) is 5.56 Å². The van der Waals surface area contributed by atoms with Crippen molar-refractivity contribution in [2.75, 3.05) is 13.7 Å². The molecule has 0 fully saturated rings. The molecular weight excluding hydrogens is 192 g/mol. The molecule has 3 heteroatoms. The summed E-state index contributed by atoms with van der Waals surface area (Å²) in [4.78, 5) is 11.4. The van der Waals surface area contributed by atoms with Gasteiger partial charge in [0.25, 0.3) is 0 Å². The van der Waals surface area contributed by atoms with Crippen LogP contribution in [0.5, 0.6) is 5.75 Å². The summed E-state index contributed by atoms with van der Waals surface area (Å²) in [7, 11) is 1.33. The topological polar surface area (TPSA) is 35.5 Å². The molecule has 0 aromatic heterocycles. The molecule has 0 aliphatic heterocycles. The van der Waals surface area contributed by atoms with Gasteiger partial charge < -0.3 is 9.47 Å². The Morgan fingerprint density at radius 2 is 2.27 bits per heavy atom. The van der Waals surface area contributed by atoms with Gasteiger partial charge in [0.15, 0.2) is 0 Å². The molecule has 0 aliphatic rings. The average Bonchev–Trinajstić information content (AvgIpc) is 2.26. The minimum atomic E-state index is -0.425. The summed E-state index contributed by atoms with van der Waals surface area (Å²) in [6.07, 6.45) is 5.09. The van der Waals surface area contributed by atoms with Gasteiger partial charge in [0.05, 0.1) is 7.11 Å². The van der Waals surface area contributed by atoms with Crippen LogP contribution in [0.15, 0.2) is 18.2 Å². The molecule has 0 heterocycles. The van der Waals surface area contributed by atoms with Crippen molar-refractivity contribution in [3.8, 4) is 18.1 Å². The van der Waals surface area contributed by atoms with Crippen molar-refractivity contribution in [3.63, 3.8) is 0 Å². The fourth-order valence-corrected chi connectivity index (χ4v) is 1.23. The predicted molar refractivity (Wildman–Crippen MR) is 56.8 cm³/mol. The largest absolute Gasteiger partial charge is 0.480 e. The SMILES string of the molecule is C#CCOc1c(C)cccc1C(=O)OC. The van der Waals surface area contributed by atoms with Crippen LogP contribution in [0.4, 0.5) is 0 Å². The number of carbonyl (C=O) groups is 1. The molecule has 0 aliphatic carbocycles. The van der Waals surface area contributed by atoms with E-state index in [1.807, 2.05) is 13.0 Å². The van der Waals surface area contributed by atoms with E-state index >= 15 is 0 Å². The molecule has 0 unspecified atom stereocenters. The van der Waals surface area contributed by atoms with Crippen LogP contribution in [0.1, 0.15) is 15.9 Å². The van der Waals surface area contributed by atoms with E-state index in [2.05, 4.69) is 10.7 Å². The number of hydrogen-bond donors (Lipinski definition) is 0. The van der Waals surface area contributed by atoms with Crippen LogP contribution in [0, 0.1) is 19.3 Å². The van der Waals surface area contributed by atoms with Gasteiger partial charge >= 0.3 is 5.97 Å². The van der Waals surface area contributed by atoms with E-state index in [0.29, 0.717) is 11.3 Å². The number of carbonyl (C=O) groups excluding carboxylic acids is 1. The number of benzene rings is 1. The lowest BCUT2D eigenvalue weighted by Crippen LogP contribution is -2.07. The highest BCUT2D eigenvalue weighted by Crippen LogP contribution is 2.23. The van der Waals surface area contributed by atoms with Crippen molar-refractivity contribution >= 4 is 5.97 Å². The molecule has 0 saturated heterocycles. The summed E-state index contributed by atoms with van der Waals surface area (Å²) in [6, 6.07) is 5.26. The fraction of sp³-hybridized carbons (Fsp3) is 0.250. The second-order valence-corrected chi connectivity index (χ2v) is 2.94. The standard InChI is InChI=1S/C12H12O3/c1-4-8-15-11-9(2)6-5-7-10(11)12(13)14-3/h1,5-7H,8H2,2-3H3. The number of aryl methyl sites for hydroxylation is 1. The third-order valence-corrected chi connectivity index (χ3v) is 1.92. The maximum Gasteiger partial charge on any atom is 0.341 e. The van der Waals surface area contributed by atoms with E-state index in [1.165, 1.54) is 7.11 Å². The van der Waals surface area contributed by atoms with E-state index < -0.39 is 5.97 Å². The molecule has 1 aromatic rings. The Bertz CT molecular complexity index is 402. The van der Waals surface area contributed by atoms with Crippen molar-refractivity contribution in [2.45, 2.75) is 6.92 Å². The first kappa shape index (κ1) is 11.1. The minimum absolute atomic E-state index is 0.134. The zero-order chi connectivity index (χ0) is 11.3. The van der Waals surface area contributed by atoms with Gasteiger partial charge in [-0.05, 0) is 18.6 Å². The van der Waals surface area contributed by atoms with Crippen LogP contribution in [0.2, 0.25) is 0 Å². The molecule has 0 amide bonds. The normalized spacial score (nSPS) is 9.13. The van der Waals surface area contributed by atoms with Gasteiger partial charge in [0.2, 0.25) is 0 Å². The van der Waals surface area contributed by atoms with Crippen LogP contribution in [0.25, 0.3) is 0 Å². The summed E-state index contributed by atoms with van der Waals surface area (Å²) < 4.78 is 9.94. The number of para-hydroxylation sites is 1. The maximum atomic E-state index is 11.4. The monoisotopic (exact) mass is 204 g/mol. The Morgan fingerprint density at radius 1 is 1.53 bits per heavy atom. The van der Waals surface area contributed by atoms with E-state index in [1.54, 1.807) is 12.1 Å². The zero-order valence-corrected chi connectivity index (χ0v) is 8.74. The molecule has 0 bridgehead atoms. The number of ether oxygens (including phenoxy) is 2. The van der Waals surface area contributed by atoms with E-state index in [4.69, 9.17) is 11.2 Å². The van der Waals surface area contributed by atoms with Crippen molar-refractivity contribution < 1.29 is 14.3 Å². The van der Waals surface area contributed by atoms with Gasteiger partial charge in [-0.3, -0.25) is 0 Å². The molecule has 3 nitrogen and oxygen atoms in total. The molecule has 78 valence electrons.